The molecule has 0 aliphatic carbocycles. The van der Waals surface area contributed by atoms with Gasteiger partial charge in [-0.25, -0.2) is 18.4 Å². The Balaban J connectivity index is 1.48. The summed E-state index contributed by atoms with van der Waals surface area (Å²) in [6.07, 6.45) is 2.14. The molecule has 9 nitrogen and oxygen atoms in total. The molecule has 0 bridgehead atoms. The molecule has 31 heavy (non-hydrogen) atoms. The average Bonchev–Trinajstić information content (AvgIpc) is 3.40. The maximum absolute atomic E-state index is 12.8. The second kappa shape index (κ2) is 8.68. The third-order valence-corrected chi connectivity index (χ3v) is 5.25. The smallest absolute Gasteiger partial charge is 0.263 e. The van der Waals surface area contributed by atoms with Crippen LogP contribution in [0, 0.1) is 6.92 Å². The van der Waals surface area contributed by atoms with Crippen LogP contribution in [0.1, 0.15) is 23.4 Å². The SMILES string of the molecule is Cc1nnn(-c2ccc(C(F)F)cc2)c1COc1ccc(-n2cnc(S(C)=O)c2)nn1. The molecule has 1 atom stereocenters. The van der Waals surface area contributed by atoms with Crippen molar-refractivity contribution in [2.75, 3.05) is 6.26 Å². The van der Waals surface area contributed by atoms with Crippen molar-refractivity contribution in [1.29, 1.82) is 0 Å². The van der Waals surface area contributed by atoms with E-state index >= 15 is 0 Å². The minimum absolute atomic E-state index is 0.0658. The number of alkyl halides is 2. The van der Waals surface area contributed by atoms with Crippen LogP contribution < -0.4 is 4.74 Å². The molecule has 0 N–H and O–H groups in total. The summed E-state index contributed by atoms with van der Waals surface area (Å²) in [7, 11) is -1.19. The molecule has 160 valence electrons. The van der Waals surface area contributed by atoms with E-state index in [1.54, 1.807) is 48.2 Å². The summed E-state index contributed by atoms with van der Waals surface area (Å²) in [5.41, 5.74) is 1.82. The van der Waals surface area contributed by atoms with E-state index in [4.69, 9.17) is 4.74 Å². The monoisotopic (exact) mass is 445 g/mol. The van der Waals surface area contributed by atoms with E-state index in [1.807, 2.05) is 0 Å². The summed E-state index contributed by atoms with van der Waals surface area (Å²) in [5.74, 6) is 0.780. The highest BCUT2D eigenvalue weighted by Crippen LogP contribution is 2.21. The van der Waals surface area contributed by atoms with Crippen LogP contribution in [0.2, 0.25) is 0 Å². The molecule has 4 rings (SSSR count). The number of aromatic nitrogens is 7. The van der Waals surface area contributed by atoms with E-state index in [0.29, 0.717) is 27.9 Å². The number of hydrogen-bond donors (Lipinski definition) is 0. The van der Waals surface area contributed by atoms with Crippen molar-refractivity contribution in [1.82, 2.24) is 34.7 Å². The minimum atomic E-state index is -2.53. The third-order valence-electron chi connectivity index (χ3n) is 4.45. The molecule has 12 heteroatoms. The lowest BCUT2D eigenvalue weighted by molar-refractivity contribution is 0.151. The zero-order valence-corrected chi connectivity index (χ0v) is 17.3. The van der Waals surface area contributed by atoms with Crippen LogP contribution in [-0.2, 0) is 17.4 Å². The number of ether oxygens (including phenoxy) is 1. The quantitative estimate of drug-likeness (QED) is 0.431. The van der Waals surface area contributed by atoms with Crippen LogP contribution in [0.25, 0.3) is 11.5 Å². The van der Waals surface area contributed by atoms with Crippen LogP contribution in [0.4, 0.5) is 8.78 Å². The number of imidazole rings is 1. The lowest BCUT2D eigenvalue weighted by atomic mass is 10.2. The third kappa shape index (κ3) is 4.48. The first-order valence-electron chi connectivity index (χ1n) is 9.06. The van der Waals surface area contributed by atoms with Crippen LogP contribution in [0.15, 0.2) is 53.9 Å². The van der Waals surface area contributed by atoms with Crippen molar-refractivity contribution in [3.63, 3.8) is 0 Å². The Morgan fingerprint density at radius 3 is 2.48 bits per heavy atom. The molecule has 0 spiro atoms. The average molecular weight is 445 g/mol. The fourth-order valence-corrected chi connectivity index (χ4v) is 3.22. The first-order chi connectivity index (χ1) is 14.9. The maximum atomic E-state index is 12.8. The van der Waals surface area contributed by atoms with E-state index in [0.717, 1.165) is 0 Å². The van der Waals surface area contributed by atoms with Gasteiger partial charge in [0.1, 0.15) is 23.7 Å². The zero-order chi connectivity index (χ0) is 22.0. The molecule has 3 aromatic heterocycles. The Morgan fingerprint density at radius 2 is 1.87 bits per heavy atom. The number of halogens is 2. The van der Waals surface area contributed by atoms with Gasteiger partial charge in [-0.05, 0) is 25.1 Å². The van der Waals surface area contributed by atoms with E-state index in [9.17, 15) is 13.0 Å². The first-order valence-corrected chi connectivity index (χ1v) is 10.6. The fourth-order valence-electron chi connectivity index (χ4n) is 2.76. The Bertz CT molecular complexity index is 1210. The lowest BCUT2D eigenvalue weighted by Gasteiger charge is -2.09. The molecule has 0 amide bonds. The maximum Gasteiger partial charge on any atom is 0.263 e. The topological polar surface area (TPSA) is 101 Å². The number of aryl methyl sites for hydroxylation is 1. The number of nitrogens with zero attached hydrogens (tertiary/aromatic N) is 7. The van der Waals surface area contributed by atoms with Gasteiger partial charge in [0.15, 0.2) is 5.82 Å². The van der Waals surface area contributed by atoms with Crippen molar-refractivity contribution < 1.29 is 17.7 Å². The molecule has 0 aliphatic rings. The molecule has 0 fully saturated rings. The zero-order valence-electron chi connectivity index (χ0n) is 16.5. The van der Waals surface area contributed by atoms with Gasteiger partial charge >= 0.3 is 0 Å². The van der Waals surface area contributed by atoms with Crippen molar-refractivity contribution in [3.8, 4) is 17.4 Å². The van der Waals surface area contributed by atoms with E-state index in [1.165, 1.54) is 23.1 Å². The van der Waals surface area contributed by atoms with Gasteiger partial charge in [0.2, 0.25) is 5.88 Å². The standard InChI is InChI=1S/C19H17F2N7O2S/c1-12-15(28(26-23-12)14-5-3-13(4-6-14)19(20)21)10-30-17-8-7-16(24-25-17)27-9-18(22-11-27)31(2)29/h3-9,11,19H,10H2,1-2H3. The van der Waals surface area contributed by atoms with Crippen molar-refractivity contribution in [2.24, 2.45) is 0 Å². The van der Waals surface area contributed by atoms with E-state index in [2.05, 4.69) is 25.5 Å². The van der Waals surface area contributed by atoms with Crippen molar-refractivity contribution in [2.45, 2.75) is 25.0 Å². The predicted molar refractivity (Wildman–Crippen MR) is 107 cm³/mol. The Labute approximate surface area is 178 Å². The highest BCUT2D eigenvalue weighted by Gasteiger charge is 2.14. The molecule has 3 heterocycles. The Kier molecular flexibility index (Phi) is 5.80. The lowest BCUT2D eigenvalue weighted by Crippen LogP contribution is -2.08. The Hall–Kier alpha value is -3.54. The van der Waals surface area contributed by atoms with Gasteiger partial charge in [-0.1, -0.05) is 17.3 Å². The Morgan fingerprint density at radius 1 is 1.10 bits per heavy atom. The number of hydrogen-bond acceptors (Lipinski definition) is 7. The van der Waals surface area contributed by atoms with Crippen LogP contribution in [-0.4, -0.2) is 45.2 Å². The molecule has 1 aromatic carbocycles. The van der Waals surface area contributed by atoms with E-state index in [-0.39, 0.29) is 18.1 Å². The van der Waals surface area contributed by atoms with Gasteiger partial charge < -0.3 is 4.74 Å². The van der Waals surface area contributed by atoms with Crippen molar-refractivity contribution >= 4 is 10.8 Å². The molecule has 4 aromatic rings. The second-order valence-electron chi connectivity index (χ2n) is 6.52. The molecule has 0 aliphatic heterocycles. The summed E-state index contributed by atoms with van der Waals surface area (Å²) in [6, 6.07) is 9.14. The van der Waals surface area contributed by atoms with Gasteiger partial charge in [-0.3, -0.25) is 8.78 Å². The first kappa shape index (κ1) is 20.7. The van der Waals surface area contributed by atoms with Crippen LogP contribution in [0.5, 0.6) is 5.88 Å². The summed E-state index contributed by atoms with van der Waals surface area (Å²) in [6.45, 7) is 1.88. The van der Waals surface area contributed by atoms with Gasteiger partial charge in [0.25, 0.3) is 6.43 Å². The van der Waals surface area contributed by atoms with Gasteiger partial charge in [-0.2, -0.15) is 0 Å². The van der Waals surface area contributed by atoms with Crippen LogP contribution in [0.3, 0.4) is 0 Å². The molecule has 1 unspecified atom stereocenters. The predicted octanol–water partition coefficient (Wildman–Crippen LogP) is 2.81. The highest BCUT2D eigenvalue weighted by molar-refractivity contribution is 7.84. The fraction of sp³-hybridized carbons (Fsp3) is 0.211. The summed E-state index contributed by atoms with van der Waals surface area (Å²) in [5, 5.41) is 16.7. The molecular formula is C19H17F2N7O2S. The summed E-state index contributed by atoms with van der Waals surface area (Å²) < 4.78 is 45.9. The van der Waals surface area contributed by atoms with Crippen molar-refractivity contribution in [3.05, 3.63) is 65.9 Å². The van der Waals surface area contributed by atoms with Crippen LogP contribution >= 0.6 is 0 Å². The molecular weight excluding hydrogens is 428 g/mol. The highest BCUT2D eigenvalue weighted by atomic mass is 32.2. The molecule has 0 saturated heterocycles. The largest absolute Gasteiger partial charge is 0.470 e. The van der Waals surface area contributed by atoms with Gasteiger partial charge in [0.05, 0.1) is 22.2 Å². The van der Waals surface area contributed by atoms with E-state index < -0.39 is 17.2 Å². The minimum Gasteiger partial charge on any atom is -0.470 e. The van der Waals surface area contributed by atoms with Gasteiger partial charge in [-0.15, -0.1) is 15.3 Å². The number of rotatable bonds is 7. The molecule has 0 radical (unpaired) electrons. The normalized spacial score (nSPS) is 12.3. The second-order valence-corrected chi connectivity index (χ2v) is 7.84. The number of benzene rings is 1. The molecule has 0 saturated carbocycles. The van der Waals surface area contributed by atoms with Gasteiger partial charge in [0, 0.05) is 24.1 Å². The summed E-state index contributed by atoms with van der Waals surface area (Å²) in [4.78, 5) is 4.05. The summed E-state index contributed by atoms with van der Waals surface area (Å²) >= 11 is 0.